The Morgan fingerprint density at radius 2 is 2.10 bits per heavy atom. The van der Waals surface area contributed by atoms with Crippen LogP contribution in [0.25, 0.3) is 27.8 Å². The van der Waals surface area contributed by atoms with Gasteiger partial charge >= 0.3 is 5.97 Å². The first-order valence-electron chi connectivity index (χ1n) is 10.4. The number of fused-ring (bicyclic) bond motifs is 2. The summed E-state index contributed by atoms with van der Waals surface area (Å²) in [4.78, 5) is 24.2. The third kappa shape index (κ3) is 3.17. The van der Waals surface area contributed by atoms with Crippen LogP contribution in [0.3, 0.4) is 0 Å². The molecule has 9 heteroatoms. The van der Waals surface area contributed by atoms with Gasteiger partial charge in [-0.1, -0.05) is 12.1 Å². The number of nitrogens with one attached hydrogen (secondary N) is 2. The second-order valence-electron chi connectivity index (χ2n) is 7.93. The quantitative estimate of drug-likeness (QED) is 0.451. The summed E-state index contributed by atoms with van der Waals surface area (Å²) in [5.41, 5.74) is 3.32. The monoisotopic (exact) mass is 420 g/mol. The molecule has 1 aliphatic rings. The average Bonchev–Trinajstić information content (AvgIpc) is 3.40. The number of benzene rings is 1. The number of hydrogen-bond acceptors (Lipinski definition) is 6. The Bertz CT molecular complexity index is 1270. The number of H-pyrrole nitrogens is 1. The Morgan fingerprint density at radius 1 is 1.29 bits per heavy atom. The summed E-state index contributed by atoms with van der Waals surface area (Å²) in [5.74, 6) is 1.47. The summed E-state index contributed by atoms with van der Waals surface area (Å²) in [5, 5.41) is 18.0. The van der Waals surface area contributed by atoms with Crippen molar-refractivity contribution in [3.05, 3.63) is 36.4 Å². The Balaban J connectivity index is 1.65. The van der Waals surface area contributed by atoms with Crippen LogP contribution >= 0.6 is 0 Å². The van der Waals surface area contributed by atoms with Gasteiger partial charge in [-0.15, -0.1) is 0 Å². The fraction of sp³-hybridized carbons (Fsp3) is 0.364. The molecule has 1 aromatic carbocycles. The van der Waals surface area contributed by atoms with Crippen LogP contribution in [-0.4, -0.2) is 49.8 Å². The molecule has 3 heterocycles. The minimum absolute atomic E-state index is 0.148. The Kier molecular flexibility index (Phi) is 4.72. The lowest BCUT2D eigenvalue weighted by Gasteiger charge is -2.24. The number of anilines is 1. The van der Waals surface area contributed by atoms with Crippen molar-refractivity contribution in [3.63, 3.8) is 0 Å². The van der Waals surface area contributed by atoms with Crippen LogP contribution < -0.4 is 10.1 Å². The average molecular weight is 420 g/mol. The molecule has 9 nitrogen and oxygen atoms in total. The molecule has 0 spiro atoms. The number of methoxy groups -OCH3 is 1. The van der Waals surface area contributed by atoms with Crippen LogP contribution in [0.4, 0.5) is 5.82 Å². The molecule has 0 aliphatic heterocycles. The highest BCUT2D eigenvalue weighted by molar-refractivity contribution is 5.94. The van der Waals surface area contributed by atoms with E-state index < -0.39 is 5.97 Å². The van der Waals surface area contributed by atoms with E-state index in [1.54, 1.807) is 7.11 Å². The molecule has 0 saturated heterocycles. The lowest BCUT2D eigenvalue weighted by atomic mass is 9.82. The number of ether oxygens (including phenoxy) is 1. The summed E-state index contributed by atoms with van der Waals surface area (Å²) in [6, 6.07) is 7.96. The molecule has 0 bridgehead atoms. The van der Waals surface area contributed by atoms with Gasteiger partial charge in [-0.05, 0) is 37.8 Å². The number of nitrogens with zero attached hydrogens (tertiary/aromatic N) is 4. The van der Waals surface area contributed by atoms with Gasteiger partial charge in [0.15, 0.2) is 5.82 Å². The zero-order chi connectivity index (χ0) is 21.5. The van der Waals surface area contributed by atoms with Gasteiger partial charge in [0.25, 0.3) is 0 Å². The highest BCUT2D eigenvalue weighted by Crippen LogP contribution is 2.39. The van der Waals surface area contributed by atoms with Crippen molar-refractivity contribution < 1.29 is 14.6 Å². The first-order valence-corrected chi connectivity index (χ1v) is 10.4. The van der Waals surface area contributed by atoms with Crippen LogP contribution in [0.5, 0.6) is 5.75 Å². The van der Waals surface area contributed by atoms with E-state index >= 15 is 0 Å². The summed E-state index contributed by atoms with van der Waals surface area (Å²) in [7, 11) is 3.48. The van der Waals surface area contributed by atoms with E-state index in [-0.39, 0.29) is 11.8 Å². The normalized spacial score (nSPS) is 19.0. The van der Waals surface area contributed by atoms with Crippen LogP contribution in [0.2, 0.25) is 0 Å². The molecule has 1 fully saturated rings. The van der Waals surface area contributed by atoms with Crippen molar-refractivity contribution in [2.24, 2.45) is 5.92 Å². The lowest BCUT2D eigenvalue weighted by Crippen LogP contribution is -2.21. The molecule has 160 valence electrons. The van der Waals surface area contributed by atoms with Gasteiger partial charge in [0.2, 0.25) is 0 Å². The maximum atomic E-state index is 11.4. The zero-order valence-corrected chi connectivity index (χ0v) is 17.4. The first kappa shape index (κ1) is 19.3. The number of para-hydroxylation sites is 1. The Hall–Kier alpha value is -3.62. The fourth-order valence-electron chi connectivity index (χ4n) is 4.62. The Labute approximate surface area is 178 Å². The molecule has 4 aromatic rings. The van der Waals surface area contributed by atoms with E-state index in [1.165, 1.54) is 6.33 Å². The summed E-state index contributed by atoms with van der Waals surface area (Å²) in [6.45, 7) is 0. The van der Waals surface area contributed by atoms with Crippen molar-refractivity contribution in [1.29, 1.82) is 0 Å². The van der Waals surface area contributed by atoms with Crippen LogP contribution in [0, 0.1) is 5.92 Å². The molecule has 0 radical (unpaired) electrons. The Morgan fingerprint density at radius 3 is 2.81 bits per heavy atom. The molecule has 0 unspecified atom stereocenters. The fourth-order valence-corrected chi connectivity index (χ4v) is 4.62. The van der Waals surface area contributed by atoms with Crippen LogP contribution in [0.15, 0.2) is 30.6 Å². The van der Waals surface area contributed by atoms with Crippen molar-refractivity contribution >= 4 is 28.2 Å². The third-order valence-electron chi connectivity index (χ3n) is 6.23. The molecule has 3 N–H and O–H groups in total. The summed E-state index contributed by atoms with van der Waals surface area (Å²) in [6.07, 6.45) is 4.37. The van der Waals surface area contributed by atoms with E-state index in [2.05, 4.69) is 26.4 Å². The van der Waals surface area contributed by atoms with Gasteiger partial charge in [-0.25, -0.2) is 14.5 Å². The number of rotatable bonds is 5. The largest absolute Gasteiger partial charge is 0.495 e. The van der Waals surface area contributed by atoms with Gasteiger partial charge in [0, 0.05) is 18.4 Å². The molecule has 0 amide bonds. The van der Waals surface area contributed by atoms with Crippen LogP contribution in [0.1, 0.15) is 37.4 Å². The minimum Gasteiger partial charge on any atom is -0.495 e. The maximum Gasteiger partial charge on any atom is 0.306 e. The van der Waals surface area contributed by atoms with Crippen molar-refractivity contribution in [2.75, 3.05) is 19.5 Å². The topological polar surface area (TPSA) is 117 Å². The van der Waals surface area contributed by atoms with E-state index in [4.69, 9.17) is 9.72 Å². The van der Waals surface area contributed by atoms with Crippen LogP contribution in [-0.2, 0) is 4.79 Å². The maximum absolute atomic E-state index is 11.4. The zero-order valence-electron chi connectivity index (χ0n) is 17.4. The molecule has 31 heavy (non-hydrogen) atoms. The molecular weight excluding hydrogens is 396 g/mol. The molecule has 5 rings (SSSR count). The number of carboxylic acid groups (broad SMARTS) is 1. The highest BCUT2D eigenvalue weighted by Gasteiger charge is 2.31. The van der Waals surface area contributed by atoms with Crippen molar-refractivity contribution in [1.82, 2.24) is 24.6 Å². The second-order valence-corrected chi connectivity index (χ2v) is 7.93. The second kappa shape index (κ2) is 7.57. The number of hydrogen-bond donors (Lipinski definition) is 3. The predicted molar refractivity (Wildman–Crippen MR) is 117 cm³/mol. The SMILES string of the molecule is CNc1ncnn2c(C3CCC(C(=O)O)CC3)nc(-c3cc4cccc(OC)c4[nH]3)c12. The van der Waals surface area contributed by atoms with Gasteiger partial charge in [-0.2, -0.15) is 5.10 Å². The molecule has 1 saturated carbocycles. The first-order chi connectivity index (χ1) is 15.1. The van der Waals surface area contributed by atoms with E-state index in [0.29, 0.717) is 18.7 Å². The van der Waals surface area contributed by atoms with E-state index in [0.717, 1.165) is 52.2 Å². The van der Waals surface area contributed by atoms with Gasteiger partial charge in [-0.3, -0.25) is 4.79 Å². The molecule has 1 aliphatic carbocycles. The predicted octanol–water partition coefficient (Wildman–Crippen LogP) is 3.68. The third-order valence-corrected chi connectivity index (χ3v) is 6.23. The molecule has 3 aromatic heterocycles. The smallest absolute Gasteiger partial charge is 0.306 e. The molecular formula is C22H24N6O3. The van der Waals surface area contributed by atoms with Gasteiger partial charge in [0.05, 0.1) is 24.2 Å². The van der Waals surface area contributed by atoms with Gasteiger partial charge in [0.1, 0.15) is 29.1 Å². The number of aromatic amines is 1. The minimum atomic E-state index is -0.709. The summed E-state index contributed by atoms with van der Waals surface area (Å²) >= 11 is 0. The van der Waals surface area contributed by atoms with Crippen molar-refractivity contribution in [2.45, 2.75) is 31.6 Å². The molecule has 0 atom stereocenters. The standard InChI is InChI=1S/C22H24N6O3/c1-23-20-19-18(15-10-14-4-3-5-16(31-2)17(14)26-15)27-21(28(19)25-11-24-20)12-6-8-13(9-7-12)22(29)30/h3-5,10-13,26H,6-9H2,1-2H3,(H,29,30)(H,23,24,25). The number of aliphatic carboxylic acids is 1. The van der Waals surface area contributed by atoms with E-state index in [1.807, 2.05) is 29.8 Å². The highest BCUT2D eigenvalue weighted by atomic mass is 16.5. The number of imidazole rings is 1. The number of carboxylic acids is 1. The van der Waals surface area contributed by atoms with Gasteiger partial charge < -0.3 is 20.1 Å². The number of carbonyl (C=O) groups is 1. The number of aromatic nitrogens is 5. The lowest BCUT2D eigenvalue weighted by molar-refractivity contribution is -0.142. The van der Waals surface area contributed by atoms with Crippen molar-refractivity contribution in [3.8, 4) is 17.1 Å². The summed E-state index contributed by atoms with van der Waals surface area (Å²) < 4.78 is 7.35. The van der Waals surface area contributed by atoms with E-state index in [9.17, 15) is 9.90 Å².